The van der Waals surface area contributed by atoms with Crippen molar-refractivity contribution in [3.8, 4) is 0 Å². The molecule has 4 heterocycles. The molecule has 2 aromatic heterocycles. The summed E-state index contributed by atoms with van der Waals surface area (Å²) < 4.78 is 90.7. The van der Waals surface area contributed by atoms with Crippen molar-refractivity contribution in [2.75, 3.05) is 43.1 Å². The first-order chi connectivity index (χ1) is 17.8. The van der Waals surface area contributed by atoms with E-state index in [0.29, 0.717) is 32.7 Å². The van der Waals surface area contributed by atoms with E-state index >= 15 is 4.39 Å². The summed E-state index contributed by atoms with van der Waals surface area (Å²) in [6.07, 6.45) is -4.04. The molecule has 2 N–H and O–H groups in total. The van der Waals surface area contributed by atoms with E-state index in [1.165, 1.54) is 32.0 Å². The first-order valence-corrected chi connectivity index (χ1v) is 12.0. The Morgan fingerprint density at radius 1 is 1.18 bits per heavy atom. The molecule has 13 heteroatoms. The number of aliphatic hydroxyl groups is 1. The molecule has 0 bridgehead atoms. The second-order valence-electron chi connectivity index (χ2n) is 9.99. The van der Waals surface area contributed by atoms with Crippen molar-refractivity contribution in [2.24, 2.45) is 5.41 Å². The van der Waals surface area contributed by atoms with Gasteiger partial charge in [-0.1, -0.05) is 12.1 Å². The van der Waals surface area contributed by atoms with E-state index in [-0.39, 0.29) is 39.1 Å². The fourth-order valence-electron chi connectivity index (χ4n) is 5.04. The van der Waals surface area contributed by atoms with E-state index in [9.17, 15) is 22.0 Å². The lowest BCUT2D eigenvalue weighted by molar-refractivity contribution is -0.140. The molecule has 2 fully saturated rings. The molecule has 2 aliphatic heterocycles. The molecule has 1 atom stereocenters. The van der Waals surface area contributed by atoms with Crippen LogP contribution in [0.5, 0.6) is 0 Å². The van der Waals surface area contributed by atoms with E-state index in [0.717, 1.165) is 6.07 Å². The molecule has 0 amide bonds. The smallest absolute Gasteiger partial charge is 0.390 e. The molecule has 0 saturated carbocycles. The Morgan fingerprint density at radius 3 is 2.53 bits per heavy atom. The van der Waals surface area contributed by atoms with Gasteiger partial charge in [0, 0.05) is 29.5 Å². The zero-order valence-corrected chi connectivity index (χ0v) is 20.5. The average Bonchev–Trinajstić information content (AvgIpc) is 3.31. The molecule has 3 aromatic rings. The second-order valence-corrected chi connectivity index (χ2v) is 9.99. The van der Waals surface area contributed by atoms with Crippen molar-refractivity contribution in [1.82, 2.24) is 15.2 Å². The van der Waals surface area contributed by atoms with Gasteiger partial charge in [-0.15, -0.1) is 5.10 Å². The van der Waals surface area contributed by atoms with E-state index in [1.807, 2.05) is 0 Å². The fraction of sp³-hybridized carbons (Fsp3) is 0.480. The molecule has 204 valence electrons. The zero-order valence-electron chi connectivity index (χ0n) is 20.5. The summed E-state index contributed by atoms with van der Waals surface area (Å²) >= 11 is 0. The number of hydrogen-bond donors (Lipinski definition) is 2. The standard InChI is InChI=1S/C25H25F6N5O2/c1-13(15-4-3-5-17(19(15)26)24(27,28)10-37)32-22-16-8-18(36-7-6-23(9-36)11-38-12-23)21(25(29,30)31)33-20(16)14(2)34-35-22/h3-5,8,13,37H,6-7,9-12H2,1-2H3,(H,32,35)/t13-/m1/s1. The Kier molecular flexibility index (Phi) is 6.41. The second kappa shape index (κ2) is 9.23. The number of fused-ring (bicyclic) bond motifs is 1. The van der Waals surface area contributed by atoms with Crippen molar-refractivity contribution in [3.63, 3.8) is 0 Å². The Labute approximate surface area is 213 Å². The van der Waals surface area contributed by atoms with Gasteiger partial charge in [-0.3, -0.25) is 0 Å². The van der Waals surface area contributed by atoms with Crippen molar-refractivity contribution in [1.29, 1.82) is 0 Å². The minimum absolute atomic E-state index is 0.0279. The van der Waals surface area contributed by atoms with Crippen LogP contribution in [0.25, 0.3) is 10.9 Å². The predicted octanol–water partition coefficient (Wildman–Crippen LogP) is 4.98. The van der Waals surface area contributed by atoms with Gasteiger partial charge in [-0.2, -0.15) is 27.1 Å². The maximum absolute atomic E-state index is 15.0. The minimum Gasteiger partial charge on any atom is -0.390 e. The molecule has 2 aliphatic rings. The van der Waals surface area contributed by atoms with E-state index < -0.39 is 41.8 Å². The number of benzene rings is 1. The van der Waals surface area contributed by atoms with Gasteiger partial charge in [-0.25, -0.2) is 9.37 Å². The van der Waals surface area contributed by atoms with Crippen molar-refractivity contribution in [2.45, 2.75) is 38.4 Å². The number of alkyl halides is 5. The van der Waals surface area contributed by atoms with Gasteiger partial charge in [0.1, 0.15) is 12.4 Å². The maximum atomic E-state index is 15.0. The van der Waals surface area contributed by atoms with Crippen LogP contribution in [0.1, 0.15) is 41.9 Å². The number of pyridine rings is 1. The first kappa shape index (κ1) is 26.4. The number of rotatable bonds is 6. The zero-order chi connectivity index (χ0) is 27.5. The van der Waals surface area contributed by atoms with Crippen LogP contribution < -0.4 is 10.2 Å². The summed E-state index contributed by atoms with van der Waals surface area (Å²) in [5, 5.41) is 20.1. The average molecular weight is 541 g/mol. The molecule has 5 rings (SSSR count). The van der Waals surface area contributed by atoms with Crippen LogP contribution in [-0.4, -0.2) is 53.2 Å². The van der Waals surface area contributed by atoms with Crippen LogP contribution in [0.15, 0.2) is 24.3 Å². The summed E-state index contributed by atoms with van der Waals surface area (Å²) in [5.74, 6) is -4.97. The fourth-order valence-corrected chi connectivity index (χ4v) is 5.04. The normalized spacial score (nSPS) is 18.2. The maximum Gasteiger partial charge on any atom is 0.435 e. The summed E-state index contributed by atoms with van der Waals surface area (Å²) in [6, 6.07) is 3.83. The van der Waals surface area contributed by atoms with Crippen LogP contribution in [-0.2, 0) is 16.8 Å². The van der Waals surface area contributed by atoms with Gasteiger partial charge in [0.05, 0.1) is 41.7 Å². The highest BCUT2D eigenvalue weighted by molar-refractivity contribution is 5.93. The molecule has 38 heavy (non-hydrogen) atoms. The topological polar surface area (TPSA) is 83.4 Å². The summed E-state index contributed by atoms with van der Waals surface area (Å²) in [4.78, 5) is 5.60. The minimum atomic E-state index is -4.73. The molecule has 0 radical (unpaired) electrons. The van der Waals surface area contributed by atoms with E-state index in [4.69, 9.17) is 9.84 Å². The van der Waals surface area contributed by atoms with Crippen LogP contribution >= 0.6 is 0 Å². The Hall–Kier alpha value is -3.19. The molecular weight excluding hydrogens is 516 g/mol. The van der Waals surface area contributed by atoms with Crippen LogP contribution in [0, 0.1) is 18.2 Å². The number of aliphatic hydroxyl groups excluding tert-OH is 1. The number of nitrogens with one attached hydrogen (secondary N) is 1. The van der Waals surface area contributed by atoms with Gasteiger partial charge in [-0.05, 0) is 32.4 Å². The van der Waals surface area contributed by atoms with Crippen molar-refractivity contribution < 1.29 is 36.2 Å². The number of nitrogens with zero attached hydrogens (tertiary/aromatic N) is 4. The number of aryl methyl sites for hydroxylation is 1. The monoisotopic (exact) mass is 541 g/mol. The third kappa shape index (κ3) is 4.51. The third-order valence-corrected chi connectivity index (χ3v) is 7.21. The lowest BCUT2D eigenvalue weighted by atomic mass is 9.85. The molecule has 1 spiro atoms. The quantitative estimate of drug-likeness (QED) is 0.426. The predicted molar refractivity (Wildman–Crippen MR) is 127 cm³/mol. The van der Waals surface area contributed by atoms with Gasteiger partial charge >= 0.3 is 6.18 Å². The summed E-state index contributed by atoms with van der Waals surface area (Å²) in [7, 11) is 0. The Balaban J connectivity index is 1.57. The van der Waals surface area contributed by atoms with Crippen LogP contribution in [0.4, 0.5) is 37.8 Å². The number of aromatic nitrogens is 3. The largest absolute Gasteiger partial charge is 0.435 e. The summed E-state index contributed by atoms with van der Waals surface area (Å²) in [5.41, 5.74) is -2.30. The Bertz CT molecular complexity index is 1380. The number of hydrogen-bond acceptors (Lipinski definition) is 7. The van der Waals surface area contributed by atoms with E-state index in [1.54, 1.807) is 4.90 Å². The number of anilines is 2. The number of halogens is 6. The van der Waals surface area contributed by atoms with E-state index in [2.05, 4.69) is 20.5 Å². The highest BCUT2D eigenvalue weighted by Gasteiger charge is 2.47. The highest BCUT2D eigenvalue weighted by atomic mass is 19.4. The van der Waals surface area contributed by atoms with Crippen molar-refractivity contribution >= 4 is 22.4 Å². The third-order valence-electron chi connectivity index (χ3n) is 7.21. The lowest BCUT2D eigenvalue weighted by Gasteiger charge is -2.38. The summed E-state index contributed by atoms with van der Waals surface area (Å²) in [6.45, 7) is 3.16. The Morgan fingerprint density at radius 2 is 1.92 bits per heavy atom. The highest BCUT2D eigenvalue weighted by Crippen LogP contribution is 2.44. The molecule has 2 saturated heterocycles. The molecule has 0 unspecified atom stereocenters. The van der Waals surface area contributed by atoms with Crippen molar-refractivity contribution in [3.05, 3.63) is 52.6 Å². The molecule has 1 aromatic carbocycles. The van der Waals surface area contributed by atoms with Gasteiger partial charge in [0.2, 0.25) is 0 Å². The molecular formula is C25H25F6N5O2. The van der Waals surface area contributed by atoms with Gasteiger partial charge in [0.15, 0.2) is 11.5 Å². The van der Waals surface area contributed by atoms with Gasteiger partial charge in [0.25, 0.3) is 5.92 Å². The van der Waals surface area contributed by atoms with Crippen LogP contribution in [0.2, 0.25) is 0 Å². The lowest BCUT2D eigenvalue weighted by Crippen LogP contribution is -2.44. The number of ether oxygens (including phenoxy) is 1. The molecule has 0 aliphatic carbocycles. The first-order valence-electron chi connectivity index (χ1n) is 12.0. The van der Waals surface area contributed by atoms with Gasteiger partial charge < -0.3 is 20.1 Å². The SMILES string of the molecule is Cc1nnc(N[C@H](C)c2cccc(C(F)(F)CO)c2F)c2cc(N3CCC4(COC4)C3)c(C(F)(F)F)nc12. The van der Waals surface area contributed by atoms with Crippen LogP contribution in [0.3, 0.4) is 0 Å². The molecule has 7 nitrogen and oxygen atoms in total.